The van der Waals surface area contributed by atoms with Crippen molar-refractivity contribution in [2.75, 3.05) is 11.5 Å². The van der Waals surface area contributed by atoms with Crippen molar-refractivity contribution in [2.24, 2.45) is 0 Å². The van der Waals surface area contributed by atoms with Gasteiger partial charge in [-0.25, -0.2) is 39.9 Å². The summed E-state index contributed by atoms with van der Waals surface area (Å²) in [7, 11) is 0. The maximum Gasteiger partial charge on any atom is 0.313 e. The van der Waals surface area contributed by atoms with Gasteiger partial charge in [0.2, 0.25) is 0 Å². The fraction of sp³-hybridized carbons (Fsp3) is 0.0435. The number of halogens is 2. The molecule has 0 fully saturated rings. The number of nitrogen functional groups attached to an aromatic ring is 2. The van der Waals surface area contributed by atoms with Gasteiger partial charge >= 0.3 is 12.0 Å². The molecule has 0 spiro atoms. The number of anilines is 2. The van der Waals surface area contributed by atoms with Gasteiger partial charge in [0.1, 0.15) is 40.2 Å². The SMILES string of the molecule is Brc1cccc(Sc2nc3cc4ccccc4cc3nc2Sc2cccc(Br)c2)c1.Cc1ccc(Sc2nc3cc4ccccc4cc3nc2Sc2ccc(C)cc2)cc1.Cc1cccc(Sc2nc3cc4ccccc4cc3nc2Sc2cccc(C)c2)c1.Nc1nnc(Sc2nc3cc4ccccc4cc3nc2Sc2nnc(N)o2)o1. The molecule has 576 valence electrons. The van der Waals surface area contributed by atoms with Crippen molar-refractivity contribution in [3.8, 4) is 0 Å². The van der Waals surface area contributed by atoms with Crippen LogP contribution in [0.1, 0.15) is 22.3 Å². The zero-order valence-corrected chi connectivity index (χ0v) is 72.8. The fourth-order valence-corrected chi connectivity index (χ4v) is 20.8. The van der Waals surface area contributed by atoms with Gasteiger partial charge in [0.15, 0.2) is 0 Å². The summed E-state index contributed by atoms with van der Waals surface area (Å²) >= 11 is 19.4. The number of fused-ring (bicyclic) bond motifs is 8. The van der Waals surface area contributed by atoms with Crippen molar-refractivity contribution in [3.05, 3.63) is 322 Å². The molecule has 118 heavy (non-hydrogen) atoms. The number of aryl methyl sites for hydroxylation is 4. The van der Waals surface area contributed by atoms with Crippen LogP contribution in [0.15, 0.2) is 389 Å². The molecule has 0 bridgehead atoms. The lowest BCUT2D eigenvalue weighted by Gasteiger charge is -2.11. The van der Waals surface area contributed by atoms with Crippen molar-refractivity contribution in [2.45, 2.75) is 108 Å². The quantitative estimate of drug-likeness (QED) is 0.0856. The molecular formula is C92H64Br2N14O2S8. The van der Waals surface area contributed by atoms with Crippen LogP contribution < -0.4 is 11.5 Å². The van der Waals surface area contributed by atoms with Gasteiger partial charge in [-0.15, -0.1) is 0 Å². The highest BCUT2D eigenvalue weighted by Crippen LogP contribution is 2.44. The first-order valence-corrected chi connectivity index (χ1v) is 44.9. The molecule has 0 aliphatic heterocycles. The van der Waals surface area contributed by atoms with E-state index in [4.69, 9.17) is 60.2 Å². The molecule has 26 heteroatoms. The summed E-state index contributed by atoms with van der Waals surface area (Å²) in [4.78, 5) is 46.6. The molecule has 0 saturated heterocycles. The van der Waals surface area contributed by atoms with E-state index in [2.05, 4.69) is 310 Å². The Morgan fingerprint density at radius 3 is 0.678 bits per heavy atom. The molecule has 6 aromatic heterocycles. The Morgan fingerprint density at radius 2 is 0.449 bits per heavy atom. The average Bonchev–Trinajstić information content (AvgIpc) is 1.28. The summed E-state index contributed by atoms with van der Waals surface area (Å²) in [5, 5.41) is 31.4. The summed E-state index contributed by atoms with van der Waals surface area (Å²) in [6.07, 6.45) is 0. The minimum Gasteiger partial charge on any atom is -0.398 e. The molecular weight excluding hydrogens is 1750 g/mol. The van der Waals surface area contributed by atoms with Gasteiger partial charge < -0.3 is 20.3 Å². The molecule has 0 saturated carbocycles. The topological polar surface area (TPSA) is 233 Å². The molecule has 20 rings (SSSR count). The maximum atomic E-state index is 5.51. The van der Waals surface area contributed by atoms with E-state index in [0.717, 1.165) is 127 Å². The van der Waals surface area contributed by atoms with Gasteiger partial charge in [0.05, 0.1) is 44.1 Å². The number of hydrogen-bond acceptors (Lipinski definition) is 24. The van der Waals surface area contributed by atoms with Crippen molar-refractivity contribution >= 4 is 225 Å². The van der Waals surface area contributed by atoms with E-state index in [9.17, 15) is 0 Å². The highest BCUT2D eigenvalue weighted by molar-refractivity contribution is 9.10. The molecule has 0 aliphatic carbocycles. The zero-order chi connectivity index (χ0) is 80.6. The first-order chi connectivity index (χ1) is 57.5. The van der Waals surface area contributed by atoms with Crippen LogP contribution >= 0.6 is 126 Å². The first-order valence-electron chi connectivity index (χ1n) is 36.8. The molecule has 16 nitrogen and oxygen atoms in total. The van der Waals surface area contributed by atoms with Crippen LogP contribution in [0.4, 0.5) is 12.0 Å². The smallest absolute Gasteiger partial charge is 0.313 e. The number of aromatic nitrogens is 12. The first kappa shape index (κ1) is 79.6. The van der Waals surface area contributed by atoms with Crippen molar-refractivity contribution in [1.29, 1.82) is 0 Å². The summed E-state index contributed by atoms with van der Waals surface area (Å²) in [5.74, 6) is 0. The third-order valence-electron chi connectivity index (χ3n) is 18.0. The second-order valence-electron chi connectivity index (χ2n) is 26.9. The number of hydrogen-bond donors (Lipinski definition) is 2. The minimum absolute atomic E-state index is 0.0267. The molecule has 0 atom stereocenters. The van der Waals surface area contributed by atoms with Crippen LogP contribution in [0, 0.1) is 27.7 Å². The lowest BCUT2D eigenvalue weighted by molar-refractivity contribution is 0.468. The Bertz CT molecular complexity index is 6500. The Labute approximate surface area is 729 Å². The molecule has 20 aromatic rings. The highest BCUT2D eigenvalue weighted by Gasteiger charge is 2.22. The molecule has 4 N–H and O–H groups in total. The van der Waals surface area contributed by atoms with Crippen LogP contribution in [0.3, 0.4) is 0 Å². The second kappa shape index (κ2) is 36.5. The highest BCUT2D eigenvalue weighted by atomic mass is 79.9. The fourth-order valence-electron chi connectivity index (χ4n) is 12.4. The van der Waals surface area contributed by atoms with E-state index >= 15 is 0 Å². The van der Waals surface area contributed by atoms with Gasteiger partial charge in [-0.3, -0.25) is 0 Å². The van der Waals surface area contributed by atoms with Crippen molar-refractivity contribution in [1.82, 2.24) is 60.3 Å². The minimum atomic E-state index is -0.0267. The summed E-state index contributed by atoms with van der Waals surface area (Å²) in [6.45, 7) is 8.44. The number of nitrogens with zero attached hydrogens (tertiary/aromatic N) is 12. The van der Waals surface area contributed by atoms with Gasteiger partial charge in [-0.2, -0.15) is 0 Å². The van der Waals surface area contributed by atoms with E-state index in [1.165, 1.54) is 74.2 Å². The van der Waals surface area contributed by atoms with E-state index < -0.39 is 0 Å². The van der Waals surface area contributed by atoms with E-state index in [0.29, 0.717) is 10.1 Å². The van der Waals surface area contributed by atoms with Crippen LogP contribution in [0.5, 0.6) is 0 Å². The van der Waals surface area contributed by atoms with Gasteiger partial charge in [-0.1, -0.05) is 303 Å². The zero-order valence-electron chi connectivity index (χ0n) is 63.1. The number of benzene rings is 14. The van der Waals surface area contributed by atoms with Crippen LogP contribution in [0.25, 0.3) is 87.2 Å². The summed E-state index contributed by atoms with van der Waals surface area (Å²) in [6, 6.07) is 100. The summed E-state index contributed by atoms with van der Waals surface area (Å²) < 4.78 is 12.6. The van der Waals surface area contributed by atoms with E-state index in [1.807, 2.05) is 60.7 Å². The Kier molecular flexibility index (Phi) is 24.6. The maximum absolute atomic E-state index is 5.51. The second-order valence-corrected chi connectivity index (χ2v) is 37.0. The van der Waals surface area contributed by atoms with Gasteiger partial charge in [0, 0.05) is 38.3 Å². The Balaban J connectivity index is 0.000000113. The number of nitrogens with two attached hydrogens (primary N) is 2. The lowest BCUT2D eigenvalue weighted by atomic mass is 10.1. The largest absolute Gasteiger partial charge is 0.398 e. The third-order valence-corrected chi connectivity index (χ3v) is 27.0. The molecule has 0 amide bonds. The predicted octanol–water partition coefficient (Wildman–Crippen LogP) is 27.0. The van der Waals surface area contributed by atoms with Gasteiger partial charge in [0.25, 0.3) is 10.4 Å². The predicted molar refractivity (Wildman–Crippen MR) is 492 cm³/mol. The van der Waals surface area contributed by atoms with Crippen LogP contribution in [-0.4, -0.2) is 60.3 Å². The van der Waals surface area contributed by atoms with E-state index in [1.54, 1.807) is 70.6 Å². The molecule has 0 radical (unpaired) electrons. The molecule has 0 aliphatic rings. The van der Waals surface area contributed by atoms with Crippen LogP contribution in [-0.2, 0) is 0 Å². The van der Waals surface area contributed by atoms with Gasteiger partial charge in [-0.05, 0) is 228 Å². The normalized spacial score (nSPS) is 11.3. The third kappa shape index (κ3) is 19.9. The Morgan fingerprint density at radius 1 is 0.220 bits per heavy atom. The average molecular weight is 1810 g/mol. The monoisotopic (exact) mass is 1810 g/mol. The standard InChI is InChI=1S/2C26H20N2S2.C24H14Br2N2S2.C16H10N8O2S2/c1-17-7-5-11-21(13-17)29-25-26(30-22-12-6-8-18(2)14-22)28-24-16-20-10-4-3-9-19(20)15-23(24)27-25;1-17-7-11-21(12-8-17)29-25-26(30-22-13-9-18(2)10-14-22)28-24-16-20-6-4-3-5-19(20)15-23(24)27-25;25-17-7-3-9-19(13-17)29-23-24(30-20-10-4-8-18(26)14-20)28-22-12-16-6-2-1-5-15(16)11-21(22)27-23;17-13-21-23-15(25-13)27-11-12(28-16-24-22-14(18)26-16)20-10-6-8-4-2-1-3-7(8)5-9(10)19-11/h2*3-16H,1-2H3;1-14H;1-6H,(H2,17,21)(H2,18,22). The lowest BCUT2D eigenvalue weighted by Crippen LogP contribution is -1.93. The summed E-state index contributed by atoms with van der Waals surface area (Å²) in [5.41, 5.74) is 23.0. The van der Waals surface area contributed by atoms with E-state index in [-0.39, 0.29) is 22.5 Å². The molecule has 6 heterocycles. The number of rotatable bonds is 16. The molecule has 14 aromatic carbocycles. The molecule has 0 unspecified atom stereocenters. The Hall–Kier alpha value is -10.9. The van der Waals surface area contributed by atoms with Crippen LogP contribution in [0.2, 0.25) is 0 Å². The van der Waals surface area contributed by atoms with Crippen molar-refractivity contribution < 1.29 is 8.83 Å². The van der Waals surface area contributed by atoms with Crippen molar-refractivity contribution in [3.63, 3.8) is 0 Å².